The monoisotopic (exact) mass is 593 g/mol. The first-order valence-corrected chi connectivity index (χ1v) is 17.0. The van der Waals surface area contributed by atoms with E-state index in [1.807, 2.05) is 0 Å². The Morgan fingerprint density at radius 2 is 0.795 bits per heavy atom. The van der Waals surface area contributed by atoms with Gasteiger partial charge in [0.1, 0.15) is 0 Å². The molecule has 4 atom stereocenters. The van der Waals surface area contributed by atoms with Gasteiger partial charge in [0.05, 0.1) is 0 Å². The molecular formula is C44H64. The summed E-state index contributed by atoms with van der Waals surface area (Å²) < 4.78 is 0. The summed E-state index contributed by atoms with van der Waals surface area (Å²) in [4.78, 5) is 0. The summed E-state index contributed by atoms with van der Waals surface area (Å²) in [5.41, 5.74) is 11.6. The fourth-order valence-electron chi connectivity index (χ4n) is 6.54. The molecule has 0 radical (unpaired) electrons. The Hall–Kier alpha value is -2.86. The average molecular weight is 593 g/mol. The molecule has 0 saturated heterocycles. The molecule has 4 unspecified atom stereocenters. The molecule has 2 aliphatic carbocycles. The topological polar surface area (TPSA) is 0 Å². The van der Waals surface area contributed by atoms with Crippen molar-refractivity contribution in [2.75, 3.05) is 0 Å². The molecular weight excluding hydrogens is 528 g/mol. The summed E-state index contributed by atoms with van der Waals surface area (Å²) in [6.45, 7) is 32.4. The lowest BCUT2D eigenvalue weighted by Crippen LogP contribution is -2.31. The van der Waals surface area contributed by atoms with E-state index in [1.54, 1.807) is 11.1 Å². The Bertz CT molecular complexity index is 1240. The van der Waals surface area contributed by atoms with Crippen molar-refractivity contribution in [3.05, 3.63) is 130 Å². The maximum atomic E-state index is 2.40. The Kier molecular flexibility index (Phi) is 14.0. The van der Waals surface area contributed by atoms with E-state index in [0.717, 1.165) is 0 Å². The van der Waals surface area contributed by atoms with Crippen molar-refractivity contribution in [2.45, 2.75) is 110 Å². The minimum atomic E-state index is 0.228. The number of hydrogen-bond acceptors (Lipinski definition) is 0. The van der Waals surface area contributed by atoms with Crippen LogP contribution in [0.3, 0.4) is 0 Å². The predicted octanol–water partition coefficient (Wildman–Crippen LogP) is 13.6. The van der Waals surface area contributed by atoms with Crippen molar-refractivity contribution in [1.82, 2.24) is 0 Å². The molecule has 2 aliphatic rings. The second-order valence-electron chi connectivity index (χ2n) is 15.1. The number of hydrogen-bond donors (Lipinski definition) is 0. The van der Waals surface area contributed by atoms with Crippen LogP contribution in [0.5, 0.6) is 0 Å². The Morgan fingerprint density at radius 1 is 0.500 bits per heavy atom. The van der Waals surface area contributed by atoms with Crippen molar-refractivity contribution in [3.8, 4) is 0 Å². The van der Waals surface area contributed by atoms with E-state index >= 15 is 0 Å². The number of allylic oxidation sites excluding steroid dienone is 22. The maximum absolute atomic E-state index is 2.40. The van der Waals surface area contributed by atoms with Crippen molar-refractivity contribution < 1.29 is 0 Å². The zero-order chi connectivity index (χ0) is 33.2. The molecule has 0 nitrogen and oxygen atoms in total. The van der Waals surface area contributed by atoms with E-state index in [-0.39, 0.29) is 10.8 Å². The Labute approximate surface area is 273 Å². The predicted molar refractivity (Wildman–Crippen MR) is 200 cm³/mol. The third kappa shape index (κ3) is 10.4. The van der Waals surface area contributed by atoms with Crippen LogP contribution in [0.2, 0.25) is 0 Å². The van der Waals surface area contributed by atoms with Gasteiger partial charge in [0.15, 0.2) is 0 Å². The molecule has 0 fully saturated rings. The van der Waals surface area contributed by atoms with Crippen LogP contribution in [0.1, 0.15) is 110 Å². The van der Waals surface area contributed by atoms with Gasteiger partial charge in [0.25, 0.3) is 0 Å². The summed E-state index contributed by atoms with van der Waals surface area (Å²) in [6, 6.07) is 0. The third-order valence-electron chi connectivity index (χ3n) is 10.9. The van der Waals surface area contributed by atoms with E-state index in [1.165, 1.54) is 46.3 Å². The summed E-state index contributed by atoms with van der Waals surface area (Å²) in [6.07, 6.45) is 33.4. The van der Waals surface area contributed by atoms with Gasteiger partial charge in [-0.25, -0.2) is 0 Å². The molecule has 0 amide bonds. The van der Waals surface area contributed by atoms with Gasteiger partial charge in [-0.2, -0.15) is 0 Å². The van der Waals surface area contributed by atoms with Crippen LogP contribution in [-0.2, 0) is 0 Å². The highest BCUT2D eigenvalue weighted by atomic mass is 14.4. The highest BCUT2D eigenvalue weighted by molar-refractivity contribution is 5.40. The molecule has 0 saturated carbocycles. The zero-order valence-electron chi connectivity index (χ0n) is 30.8. The van der Waals surface area contributed by atoms with Crippen molar-refractivity contribution >= 4 is 0 Å². The molecule has 0 spiro atoms. The van der Waals surface area contributed by atoms with Gasteiger partial charge in [-0.15, -0.1) is 0 Å². The van der Waals surface area contributed by atoms with E-state index in [9.17, 15) is 0 Å². The molecule has 0 aromatic heterocycles. The molecule has 0 aromatic rings. The quantitative estimate of drug-likeness (QED) is 0.221. The first kappa shape index (κ1) is 37.3. The van der Waals surface area contributed by atoms with Crippen LogP contribution in [0.4, 0.5) is 0 Å². The lowest BCUT2D eigenvalue weighted by Gasteiger charge is -2.42. The molecule has 2 rings (SSSR count). The first-order chi connectivity index (χ1) is 20.5. The summed E-state index contributed by atoms with van der Waals surface area (Å²) in [7, 11) is 0. The van der Waals surface area contributed by atoms with Crippen molar-refractivity contribution in [2.24, 2.45) is 34.5 Å². The van der Waals surface area contributed by atoms with Crippen molar-refractivity contribution in [1.29, 1.82) is 0 Å². The van der Waals surface area contributed by atoms with Gasteiger partial charge in [-0.3, -0.25) is 0 Å². The van der Waals surface area contributed by atoms with Gasteiger partial charge in [-0.05, 0) is 100 Å². The summed E-state index contributed by atoms with van der Waals surface area (Å²) in [5.74, 6) is 2.73. The number of rotatable bonds is 10. The first-order valence-electron chi connectivity index (χ1n) is 17.0. The fourth-order valence-corrected chi connectivity index (χ4v) is 6.54. The highest BCUT2D eigenvalue weighted by Gasteiger charge is 2.37. The maximum Gasteiger partial charge on any atom is -0.00782 e. The second-order valence-corrected chi connectivity index (χ2v) is 15.1. The minimum Gasteiger partial charge on any atom is -0.0667 e. The van der Waals surface area contributed by atoms with Crippen LogP contribution in [0.25, 0.3) is 0 Å². The Morgan fingerprint density at radius 3 is 1.14 bits per heavy atom. The molecule has 44 heavy (non-hydrogen) atoms. The van der Waals surface area contributed by atoms with Crippen LogP contribution >= 0.6 is 0 Å². The molecule has 0 N–H and O–H groups in total. The molecule has 240 valence electrons. The van der Waals surface area contributed by atoms with Crippen LogP contribution in [-0.4, -0.2) is 0 Å². The highest BCUT2D eigenvalue weighted by Crippen LogP contribution is 2.48. The fraction of sp³-hybridized carbons (Fsp3) is 0.500. The Balaban J connectivity index is 1.95. The third-order valence-corrected chi connectivity index (χ3v) is 10.9. The minimum absolute atomic E-state index is 0.228. The second kappa shape index (κ2) is 16.5. The van der Waals surface area contributed by atoms with Crippen LogP contribution in [0, 0.1) is 34.5 Å². The summed E-state index contributed by atoms with van der Waals surface area (Å²) in [5, 5.41) is 0. The van der Waals surface area contributed by atoms with Gasteiger partial charge >= 0.3 is 0 Å². The summed E-state index contributed by atoms with van der Waals surface area (Å²) >= 11 is 0. The lowest BCUT2D eigenvalue weighted by atomic mass is 9.63. The van der Waals surface area contributed by atoms with Crippen LogP contribution in [0.15, 0.2) is 130 Å². The standard InChI is InChI=1S/C44H64/c1-31(21-17-23-33(3)25-27-41-39(9)35(5)29-37(7)43(41,11)12)19-15-16-20-32(2)22-18-24-34(4)26-28-42-40(10)36(6)30-38(8)44(42,13)14/h15-28,35-38H,29-30H2,1-14H3/b16-15+,21-17+,22-18+,27-25+,28-26+,31-19+,32-20+,33-23+,34-24+. The van der Waals surface area contributed by atoms with E-state index in [0.29, 0.717) is 23.7 Å². The van der Waals surface area contributed by atoms with Crippen LogP contribution < -0.4 is 0 Å². The van der Waals surface area contributed by atoms with Gasteiger partial charge in [0, 0.05) is 0 Å². The average Bonchev–Trinajstić information content (AvgIpc) is 2.93. The SMILES string of the molecule is CC1=C(/C=C/C(C)=C/C=C/C(C)=C/C=C/C=C(C)/C=C/C=C(C)/C=C/C2=C(C)C(C)CC(C)C2(C)C)C(C)(C)C(C)CC1C. The molecule has 0 heterocycles. The van der Waals surface area contributed by atoms with Gasteiger partial charge < -0.3 is 0 Å². The largest absolute Gasteiger partial charge is 0.0667 e. The molecule has 0 heteroatoms. The molecule has 0 bridgehead atoms. The van der Waals surface area contributed by atoms with Crippen molar-refractivity contribution in [3.63, 3.8) is 0 Å². The molecule has 0 aromatic carbocycles. The zero-order valence-corrected chi connectivity index (χ0v) is 30.8. The lowest BCUT2D eigenvalue weighted by molar-refractivity contribution is 0.227. The smallest absolute Gasteiger partial charge is 0.00782 e. The van der Waals surface area contributed by atoms with Gasteiger partial charge in [-0.1, -0.05) is 174 Å². The van der Waals surface area contributed by atoms with E-state index in [4.69, 9.17) is 0 Å². The van der Waals surface area contributed by atoms with E-state index in [2.05, 4.69) is 182 Å². The molecule has 0 aliphatic heterocycles. The normalized spacial score (nSPS) is 27.9. The van der Waals surface area contributed by atoms with Gasteiger partial charge in [0.2, 0.25) is 0 Å². The van der Waals surface area contributed by atoms with E-state index < -0.39 is 0 Å².